The topological polar surface area (TPSA) is 46.5 Å². The summed E-state index contributed by atoms with van der Waals surface area (Å²) in [7, 11) is 0. The molecule has 0 saturated heterocycles. The lowest BCUT2D eigenvalue weighted by Crippen LogP contribution is -2.01. The van der Waals surface area contributed by atoms with E-state index in [-0.39, 0.29) is 6.42 Å². The van der Waals surface area contributed by atoms with Gasteiger partial charge in [-0.2, -0.15) is 0 Å². The van der Waals surface area contributed by atoms with Crippen LogP contribution in [0.3, 0.4) is 0 Å². The van der Waals surface area contributed by atoms with E-state index in [2.05, 4.69) is 27.8 Å². The van der Waals surface area contributed by atoms with E-state index in [9.17, 15) is 4.79 Å². The second-order valence-electron chi connectivity index (χ2n) is 4.59. The Morgan fingerprint density at radius 2 is 2.00 bits per heavy atom. The molecule has 0 aliphatic rings. The van der Waals surface area contributed by atoms with Crippen molar-refractivity contribution in [2.24, 2.45) is 0 Å². The van der Waals surface area contributed by atoms with E-state index < -0.39 is 5.97 Å². The minimum atomic E-state index is -0.842. The fourth-order valence-electron chi connectivity index (χ4n) is 1.88. The number of carboxylic acids is 1. The van der Waals surface area contributed by atoms with E-state index in [1.807, 2.05) is 42.5 Å². The van der Waals surface area contributed by atoms with Crippen molar-refractivity contribution in [3.63, 3.8) is 0 Å². The summed E-state index contributed by atoms with van der Waals surface area (Å²) in [5.74, 6) is 5.54. The van der Waals surface area contributed by atoms with Gasteiger partial charge in [0.25, 0.3) is 0 Å². The number of halogens is 1. The van der Waals surface area contributed by atoms with Crippen LogP contribution in [0.4, 0.5) is 0 Å². The highest BCUT2D eigenvalue weighted by Gasteiger charge is 2.11. The highest BCUT2D eigenvalue weighted by molar-refractivity contribution is 9.10. The van der Waals surface area contributed by atoms with Crippen LogP contribution in [0.2, 0.25) is 0 Å². The zero-order valence-electron chi connectivity index (χ0n) is 12.5. The van der Waals surface area contributed by atoms with Crippen LogP contribution in [-0.4, -0.2) is 17.7 Å². The number of ether oxygens (including phenoxy) is 1. The average Bonchev–Trinajstić information content (AvgIpc) is 2.52. The minimum absolute atomic E-state index is 0.00133. The van der Waals surface area contributed by atoms with E-state index in [1.54, 1.807) is 6.92 Å². The van der Waals surface area contributed by atoms with Crippen molar-refractivity contribution in [1.82, 2.24) is 0 Å². The molecule has 118 valence electrons. The van der Waals surface area contributed by atoms with E-state index >= 15 is 0 Å². The molecule has 0 aliphatic carbocycles. The van der Waals surface area contributed by atoms with Crippen LogP contribution in [0.25, 0.3) is 0 Å². The van der Waals surface area contributed by atoms with Crippen LogP contribution in [0.1, 0.15) is 12.5 Å². The third kappa shape index (κ3) is 5.34. The largest absolute Gasteiger partial charge is 0.481 e. The van der Waals surface area contributed by atoms with Crippen molar-refractivity contribution in [3.8, 4) is 17.6 Å². The third-order valence-corrected chi connectivity index (χ3v) is 5.04. The Bertz CT molecular complexity index is 745. The Hall–Kier alpha value is -1.90. The van der Waals surface area contributed by atoms with Crippen LogP contribution in [0, 0.1) is 11.8 Å². The zero-order chi connectivity index (χ0) is 16.7. The lowest BCUT2D eigenvalue weighted by atomic mass is 10.1. The normalized spacial score (nSPS) is 9.83. The molecule has 0 unspecified atom stereocenters. The van der Waals surface area contributed by atoms with Crippen LogP contribution in [-0.2, 0) is 11.2 Å². The van der Waals surface area contributed by atoms with Gasteiger partial charge in [0.2, 0.25) is 0 Å². The van der Waals surface area contributed by atoms with Crippen molar-refractivity contribution >= 4 is 33.7 Å². The number of hydrogen-bond acceptors (Lipinski definition) is 3. The molecule has 0 fully saturated rings. The summed E-state index contributed by atoms with van der Waals surface area (Å²) >= 11 is 5.02. The van der Waals surface area contributed by atoms with Gasteiger partial charge in [0, 0.05) is 14.3 Å². The molecule has 1 N–H and O–H groups in total. The molecule has 2 aromatic rings. The predicted molar refractivity (Wildman–Crippen MR) is 95.0 cm³/mol. The smallest absolute Gasteiger partial charge is 0.307 e. The molecule has 0 heterocycles. The van der Waals surface area contributed by atoms with E-state index in [0.717, 1.165) is 25.6 Å². The van der Waals surface area contributed by atoms with Gasteiger partial charge in [0.1, 0.15) is 12.4 Å². The quantitative estimate of drug-likeness (QED) is 0.730. The molecule has 5 heteroatoms. The predicted octanol–water partition coefficient (Wildman–Crippen LogP) is 4.63. The summed E-state index contributed by atoms with van der Waals surface area (Å²) in [6.45, 7) is 2.14. The first kappa shape index (κ1) is 17.5. The molecule has 0 amide bonds. The Kier molecular flexibility index (Phi) is 6.57. The standard InChI is InChI=1S/C18H15BrO3S/c1-2-3-11-22-14-7-9-15(10-8-14)23-18-13(12-17(20)21)5-4-6-16(18)19/h4-10H,11-12H2,1H3,(H,20,21). The van der Waals surface area contributed by atoms with Gasteiger partial charge in [0.05, 0.1) is 6.42 Å². The first-order valence-corrected chi connectivity index (χ1v) is 8.50. The molecule has 23 heavy (non-hydrogen) atoms. The Morgan fingerprint density at radius 3 is 2.65 bits per heavy atom. The van der Waals surface area contributed by atoms with E-state index in [0.29, 0.717) is 6.61 Å². The SMILES string of the molecule is CC#CCOc1ccc(Sc2c(Br)cccc2CC(=O)O)cc1. The fourth-order valence-corrected chi connectivity index (χ4v) is 3.48. The zero-order valence-corrected chi connectivity index (χ0v) is 14.9. The van der Waals surface area contributed by atoms with Crippen LogP contribution < -0.4 is 4.74 Å². The van der Waals surface area contributed by atoms with Crippen LogP contribution in [0.5, 0.6) is 5.75 Å². The summed E-state index contributed by atoms with van der Waals surface area (Å²) in [4.78, 5) is 12.9. The van der Waals surface area contributed by atoms with Crippen molar-refractivity contribution < 1.29 is 14.6 Å². The molecule has 0 spiro atoms. The number of carboxylic acid groups (broad SMARTS) is 1. The van der Waals surface area contributed by atoms with Crippen molar-refractivity contribution in [3.05, 3.63) is 52.5 Å². The molecular formula is C18H15BrO3S. The second kappa shape index (κ2) is 8.66. The van der Waals surface area contributed by atoms with E-state index in [4.69, 9.17) is 9.84 Å². The molecule has 0 atom stereocenters. The van der Waals surface area contributed by atoms with Gasteiger partial charge in [-0.3, -0.25) is 4.79 Å². The molecule has 0 bridgehead atoms. The van der Waals surface area contributed by atoms with Crippen molar-refractivity contribution in [2.45, 2.75) is 23.1 Å². The van der Waals surface area contributed by atoms with Crippen molar-refractivity contribution in [2.75, 3.05) is 6.61 Å². The molecule has 2 rings (SSSR count). The monoisotopic (exact) mass is 390 g/mol. The maximum Gasteiger partial charge on any atom is 0.307 e. The van der Waals surface area contributed by atoms with Gasteiger partial charge < -0.3 is 9.84 Å². The van der Waals surface area contributed by atoms with Crippen molar-refractivity contribution in [1.29, 1.82) is 0 Å². The maximum absolute atomic E-state index is 11.0. The minimum Gasteiger partial charge on any atom is -0.481 e. The summed E-state index contributed by atoms with van der Waals surface area (Å²) in [6, 6.07) is 13.3. The van der Waals surface area contributed by atoms with Crippen LogP contribution >= 0.6 is 27.7 Å². The van der Waals surface area contributed by atoms with Gasteiger partial charge in [-0.05, 0) is 58.7 Å². The molecule has 0 saturated carbocycles. The lowest BCUT2D eigenvalue weighted by Gasteiger charge is -2.10. The first-order valence-electron chi connectivity index (χ1n) is 6.89. The second-order valence-corrected chi connectivity index (χ2v) is 6.53. The van der Waals surface area contributed by atoms with Gasteiger partial charge in [-0.25, -0.2) is 0 Å². The molecule has 0 aliphatic heterocycles. The molecular weight excluding hydrogens is 376 g/mol. The summed E-state index contributed by atoms with van der Waals surface area (Å²) in [5.41, 5.74) is 0.787. The fraction of sp³-hybridized carbons (Fsp3) is 0.167. The van der Waals surface area contributed by atoms with Gasteiger partial charge >= 0.3 is 5.97 Å². The summed E-state index contributed by atoms with van der Waals surface area (Å²) in [6.07, 6.45) is -0.00133. The molecule has 0 radical (unpaired) electrons. The third-order valence-electron chi connectivity index (χ3n) is 2.92. The number of carbonyl (C=O) groups is 1. The highest BCUT2D eigenvalue weighted by atomic mass is 79.9. The number of aliphatic carboxylic acids is 1. The molecule has 2 aromatic carbocycles. The highest BCUT2D eigenvalue weighted by Crippen LogP contribution is 2.37. The van der Waals surface area contributed by atoms with Crippen LogP contribution in [0.15, 0.2) is 56.7 Å². The maximum atomic E-state index is 11.0. The number of rotatable bonds is 6. The Labute approximate surface area is 148 Å². The summed E-state index contributed by atoms with van der Waals surface area (Å²) in [5, 5.41) is 9.04. The van der Waals surface area contributed by atoms with Gasteiger partial charge in [-0.15, -0.1) is 5.92 Å². The number of benzene rings is 2. The van der Waals surface area contributed by atoms with E-state index in [1.165, 1.54) is 11.8 Å². The average molecular weight is 391 g/mol. The lowest BCUT2D eigenvalue weighted by molar-refractivity contribution is -0.136. The first-order chi connectivity index (χ1) is 11.1. The van der Waals surface area contributed by atoms with Gasteiger partial charge in [0.15, 0.2) is 0 Å². The summed E-state index contributed by atoms with van der Waals surface area (Å²) < 4.78 is 6.37. The van der Waals surface area contributed by atoms with Gasteiger partial charge in [-0.1, -0.05) is 29.8 Å². The Balaban J connectivity index is 2.15. The Morgan fingerprint density at radius 1 is 1.26 bits per heavy atom. The molecule has 3 nitrogen and oxygen atoms in total. The molecule has 0 aromatic heterocycles. The number of hydrogen-bond donors (Lipinski definition) is 1.